The molecule has 1 aromatic rings. The number of thioether (sulfide) groups is 1. The molecule has 2 saturated heterocycles. The van der Waals surface area contributed by atoms with E-state index in [1.165, 1.54) is 0 Å². The van der Waals surface area contributed by atoms with Gasteiger partial charge in [-0.05, 0) is 56.4 Å². The van der Waals surface area contributed by atoms with E-state index in [-0.39, 0.29) is 29.8 Å². The summed E-state index contributed by atoms with van der Waals surface area (Å²) >= 11 is 1.90. The van der Waals surface area contributed by atoms with E-state index >= 15 is 0 Å². The zero-order valence-corrected chi connectivity index (χ0v) is 18.6. The molecule has 1 aromatic carbocycles. The maximum atomic E-state index is 12.3. The predicted octanol–water partition coefficient (Wildman–Crippen LogP) is 1.79. The molecule has 0 saturated carbocycles. The Kier molecular flexibility index (Phi) is 8.60. The molecule has 0 aliphatic carbocycles. The Hall–Kier alpha value is -2.26. The minimum atomic E-state index is -0.535. The number of rotatable bonds is 12. The first kappa shape index (κ1) is 23.4. The maximum Gasteiger partial charge on any atom is 0.315 e. The van der Waals surface area contributed by atoms with Gasteiger partial charge in [-0.1, -0.05) is 6.42 Å². The molecule has 9 heteroatoms. The number of Topliss-reactive ketones (excluding diaryl/α,β-unsaturated/α-hetero) is 1. The van der Waals surface area contributed by atoms with E-state index in [0.717, 1.165) is 37.9 Å². The number of benzene rings is 1. The van der Waals surface area contributed by atoms with Crippen LogP contribution >= 0.6 is 11.8 Å². The summed E-state index contributed by atoms with van der Waals surface area (Å²) < 4.78 is 0. The van der Waals surface area contributed by atoms with Crippen molar-refractivity contribution < 1.29 is 14.4 Å². The van der Waals surface area contributed by atoms with Gasteiger partial charge < -0.3 is 27.4 Å². The zero-order valence-electron chi connectivity index (χ0n) is 17.8. The number of nitrogen functional groups attached to an aromatic ring is 1. The van der Waals surface area contributed by atoms with Gasteiger partial charge in [0.15, 0.2) is 5.78 Å². The second-order valence-corrected chi connectivity index (χ2v) is 9.58. The van der Waals surface area contributed by atoms with E-state index in [0.29, 0.717) is 35.9 Å². The lowest BCUT2D eigenvalue weighted by atomic mass is 10.00. The van der Waals surface area contributed by atoms with E-state index in [1.54, 1.807) is 24.3 Å². The summed E-state index contributed by atoms with van der Waals surface area (Å²) in [4.78, 5) is 35.7. The molecule has 0 radical (unpaired) electrons. The molecule has 2 heterocycles. The van der Waals surface area contributed by atoms with Crippen molar-refractivity contribution in [2.45, 2.75) is 68.3 Å². The second-order valence-electron chi connectivity index (χ2n) is 8.31. The van der Waals surface area contributed by atoms with Gasteiger partial charge in [-0.15, -0.1) is 0 Å². The molecule has 2 aliphatic heterocycles. The van der Waals surface area contributed by atoms with E-state index in [9.17, 15) is 14.4 Å². The fourth-order valence-corrected chi connectivity index (χ4v) is 5.62. The Morgan fingerprint density at radius 1 is 1.13 bits per heavy atom. The Morgan fingerprint density at radius 3 is 2.68 bits per heavy atom. The van der Waals surface area contributed by atoms with Crippen LogP contribution in [0.15, 0.2) is 24.3 Å². The number of carbonyl (C=O) groups excluding carboxylic acids is 3. The molecular weight excluding hydrogens is 414 g/mol. The number of carbonyl (C=O) groups is 3. The van der Waals surface area contributed by atoms with Gasteiger partial charge >= 0.3 is 6.03 Å². The lowest BCUT2D eigenvalue weighted by Gasteiger charge is -2.16. The van der Waals surface area contributed by atoms with Gasteiger partial charge in [0.25, 0.3) is 0 Å². The van der Waals surface area contributed by atoms with Crippen LogP contribution < -0.4 is 27.4 Å². The first-order chi connectivity index (χ1) is 14.9. The first-order valence-corrected chi connectivity index (χ1v) is 12.1. The Balaban J connectivity index is 1.20. The van der Waals surface area contributed by atoms with Gasteiger partial charge in [0, 0.05) is 35.2 Å². The minimum Gasteiger partial charge on any atom is -0.399 e. The molecule has 0 spiro atoms. The van der Waals surface area contributed by atoms with Crippen molar-refractivity contribution in [1.82, 2.24) is 16.0 Å². The molecule has 3 rings (SSSR count). The van der Waals surface area contributed by atoms with Crippen LogP contribution in [-0.4, -0.2) is 53.4 Å². The SMILES string of the molecule is Nc1ccc(C(=O)[C@H](N)CCCCNC(=O)CCCC[C@@H]2SC[C@@H]3NC(=O)N[C@@H]32)cc1. The molecule has 0 unspecified atom stereocenters. The Labute approximate surface area is 187 Å². The third kappa shape index (κ3) is 6.87. The maximum absolute atomic E-state index is 12.3. The summed E-state index contributed by atoms with van der Waals surface area (Å²) in [6.07, 6.45) is 5.53. The number of ketones is 1. The van der Waals surface area contributed by atoms with Gasteiger partial charge in [0.05, 0.1) is 18.1 Å². The largest absolute Gasteiger partial charge is 0.399 e. The van der Waals surface area contributed by atoms with Gasteiger partial charge in [0.2, 0.25) is 5.91 Å². The number of amides is 3. The normalized spacial score (nSPS) is 23.0. The third-order valence-corrected chi connectivity index (χ3v) is 7.39. The molecule has 8 nitrogen and oxygen atoms in total. The molecule has 170 valence electrons. The van der Waals surface area contributed by atoms with Crippen molar-refractivity contribution in [3.8, 4) is 0 Å². The topological polar surface area (TPSA) is 139 Å². The zero-order chi connectivity index (χ0) is 22.2. The van der Waals surface area contributed by atoms with Gasteiger partial charge in [-0.2, -0.15) is 11.8 Å². The average molecular weight is 448 g/mol. The van der Waals surface area contributed by atoms with Crippen LogP contribution in [-0.2, 0) is 4.79 Å². The number of nitrogens with one attached hydrogen (secondary N) is 3. The Bertz CT molecular complexity index is 773. The molecule has 2 aliphatic rings. The van der Waals surface area contributed by atoms with Crippen LogP contribution in [0.1, 0.15) is 55.3 Å². The fourth-order valence-electron chi connectivity index (χ4n) is 4.07. The van der Waals surface area contributed by atoms with E-state index in [4.69, 9.17) is 11.5 Å². The third-order valence-electron chi connectivity index (χ3n) is 5.88. The number of fused-ring (bicyclic) bond motifs is 1. The lowest BCUT2D eigenvalue weighted by Crippen LogP contribution is -2.36. The summed E-state index contributed by atoms with van der Waals surface area (Å²) in [6.45, 7) is 0.599. The average Bonchev–Trinajstić information content (AvgIpc) is 3.30. The first-order valence-electron chi connectivity index (χ1n) is 11.0. The quantitative estimate of drug-likeness (QED) is 0.143. The minimum absolute atomic E-state index is 0.0600. The standard InChI is InChI=1S/C22H33N5O3S/c23-15-10-8-14(9-11-15)21(29)16(24)5-3-4-12-25-19(28)7-2-1-6-18-20-17(13-31-18)26-22(30)27-20/h8-11,16-18,20H,1-7,12-13,23-24H2,(H,25,28)(H2,26,27,30)/t16-,17+,18+,20+/m1/s1. The highest BCUT2D eigenvalue weighted by atomic mass is 32.2. The van der Waals surface area contributed by atoms with Crippen molar-refractivity contribution >= 4 is 35.2 Å². The van der Waals surface area contributed by atoms with Crippen LogP contribution in [0, 0.1) is 0 Å². The highest BCUT2D eigenvalue weighted by Crippen LogP contribution is 2.33. The van der Waals surface area contributed by atoms with Gasteiger partial charge in [0.1, 0.15) is 0 Å². The molecular formula is C22H33N5O3S. The van der Waals surface area contributed by atoms with Crippen LogP contribution in [0.5, 0.6) is 0 Å². The molecule has 31 heavy (non-hydrogen) atoms. The smallest absolute Gasteiger partial charge is 0.315 e. The summed E-state index contributed by atoms with van der Waals surface area (Å²) in [5.74, 6) is 0.947. The van der Waals surface area contributed by atoms with E-state index in [2.05, 4.69) is 16.0 Å². The summed E-state index contributed by atoms with van der Waals surface area (Å²) in [7, 11) is 0. The van der Waals surface area contributed by atoms with Gasteiger partial charge in [-0.3, -0.25) is 9.59 Å². The lowest BCUT2D eigenvalue weighted by molar-refractivity contribution is -0.121. The van der Waals surface area contributed by atoms with Crippen molar-refractivity contribution in [2.24, 2.45) is 5.73 Å². The fraction of sp³-hybridized carbons (Fsp3) is 0.591. The number of nitrogens with two attached hydrogens (primary N) is 2. The number of hydrogen-bond donors (Lipinski definition) is 5. The number of unbranched alkanes of at least 4 members (excludes halogenated alkanes) is 2. The molecule has 0 aromatic heterocycles. The van der Waals surface area contributed by atoms with Crippen LogP contribution in [0.4, 0.5) is 10.5 Å². The molecule has 2 fully saturated rings. The highest BCUT2D eigenvalue weighted by molar-refractivity contribution is 8.00. The monoisotopic (exact) mass is 447 g/mol. The molecule has 4 atom stereocenters. The molecule has 3 amide bonds. The van der Waals surface area contributed by atoms with Crippen molar-refractivity contribution in [2.75, 3.05) is 18.0 Å². The molecule has 0 bridgehead atoms. The van der Waals surface area contributed by atoms with E-state index < -0.39 is 6.04 Å². The number of anilines is 1. The second kappa shape index (κ2) is 11.4. The van der Waals surface area contributed by atoms with Crippen LogP contribution in [0.3, 0.4) is 0 Å². The van der Waals surface area contributed by atoms with Crippen molar-refractivity contribution in [3.05, 3.63) is 29.8 Å². The predicted molar refractivity (Wildman–Crippen MR) is 124 cm³/mol. The summed E-state index contributed by atoms with van der Waals surface area (Å²) in [5.41, 5.74) is 12.8. The molecule has 7 N–H and O–H groups in total. The number of hydrogen-bond acceptors (Lipinski definition) is 6. The van der Waals surface area contributed by atoms with Crippen molar-refractivity contribution in [1.29, 1.82) is 0 Å². The summed E-state index contributed by atoms with van der Waals surface area (Å²) in [5, 5.41) is 9.32. The Morgan fingerprint density at radius 2 is 1.90 bits per heavy atom. The summed E-state index contributed by atoms with van der Waals surface area (Å²) in [6, 6.07) is 6.67. The number of urea groups is 1. The van der Waals surface area contributed by atoms with E-state index in [1.807, 2.05) is 11.8 Å². The van der Waals surface area contributed by atoms with Gasteiger partial charge in [-0.25, -0.2) is 4.79 Å². The van der Waals surface area contributed by atoms with Crippen LogP contribution in [0.25, 0.3) is 0 Å². The van der Waals surface area contributed by atoms with Crippen molar-refractivity contribution in [3.63, 3.8) is 0 Å². The highest BCUT2D eigenvalue weighted by Gasteiger charge is 2.42. The van der Waals surface area contributed by atoms with Crippen LogP contribution in [0.2, 0.25) is 0 Å².